The summed E-state index contributed by atoms with van der Waals surface area (Å²) in [5, 5.41) is 2.84. The summed E-state index contributed by atoms with van der Waals surface area (Å²) < 4.78 is 6.08. The SMILES string of the molecule is CCOC1(c2nc(C(C)=O)cs2)CCC(C)(C)CC1. The second-order valence-electron chi connectivity index (χ2n) is 6.19. The fourth-order valence-corrected chi connectivity index (χ4v) is 3.74. The molecule has 0 radical (unpaired) electrons. The van der Waals surface area contributed by atoms with Crippen LogP contribution >= 0.6 is 11.3 Å². The Morgan fingerprint density at radius 2 is 2.00 bits per heavy atom. The summed E-state index contributed by atoms with van der Waals surface area (Å²) in [6, 6.07) is 0. The van der Waals surface area contributed by atoms with Gasteiger partial charge in [-0.15, -0.1) is 11.3 Å². The van der Waals surface area contributed by atoms with Gasteiger partial charge in [0.15, 0.2) is 5.78 Å². The average molecular weight is 281 g/mol. The van der Waals surface area contributed by atoms with Crippen molar-refractivity contribution in [1.29, 1.82) is 0 Å². The van der Waals surface area contributed by atoms with Crippen molar-refractivity contribution in [3.63, 3.8) is 0 Å². The number of Topliss-reactive ketones (excluding diaryl/α,β-unsaturated/α-hetero) is 1. The minimum atomic E-state index is -0.261. The Kier molecular flexibility index (Phi) is 4.11. The van der Waals surface area contributed by atoms with E-state index in [-0.39, 0.29) is 11.4 Å². The van der Waals surface area contributed by atoms with E-state index in [2.05, 4.69) is 18.8 Å². The number of hydrogen-bond acceptors (Lipinski definition) is 4. The summed E-state index contributed by atoms with van der Waals surface area (Å²) in [5.41, 5.74) is 0.702. The van der Waals surface area contributed by atoms with E-state index in [1.54, 1.807) is 18.3 Å². The van der Waals surface area contributed by atoms with Gasteiger partial charge in [-0.25, -0.2) is 4.98 Å². The maximum absolute atomic E-state index is 11.4. The van der Waals surface area contributed by atoms with Gasteiger partial charge in [0.05, 0.1) is 0 Å². The van der Waals surface area contributed by atoms with Crippen LogP contribution in [0.1, 0.15) is 68.9 Å². The molecule has 0 bridgehead atoms. The maximum Gasteiger partial charge on any atom is 0.178 e. The number of thiazole rings is 1. The fourth-order valence-electron chi connectivity index (χ4n) is 2.67. The second kappa shape index (κ2) is 5.33. The smallest absolute Gasteiger partial charge is 0.178 e. The zero-order valence-corrected chi connectivity index (χ0v) is 13.1. The largest absolute Gasteiger partial charge is 0.368 e. The zero-order chi connectivity index (χ0) is 14.1. The summed E-state index contributed by atoms with van der Waals surface area (Å²) in [4.78, 5) is 15.9. The molecule has 0 N–H and O–H groups in total. The van der Waals surface area contributed by atoms with Crippen molar-refractivity contribution in [2.75, 3.05) is 6.61 Å². The molecule has 0 aliphatic heterocycles. The number of hydrogen-bond donors (Lipinski definition) is 0. The van der Waals surface area contributed by atoms with Gasteiger partial charge in [0.2, 0.25) is 0 Å². The molecule has 1 aliphatic carbocycles. The fraction of sp³-hybridized carbons (Fsp3) is 0.733. The molecule has 2 rings (SSSR count). The van der Waals surface area contributed by atoms with E-state index in [9.17, 15) is 4.79 Å². The van der Waals surface area contributed by atoms with Gasteiger partial charge < -0.3 is 4.74 Å². The zero-order valence-electron chi connectivity index (χ0n) is 12.3. The highest BCUT2D eigenvalue weighted by atomic mass is 32.1. The summed E-state index contributed by atoms with van der Waals surface area (Å²) >= 11 is 1.57. The predicted molar refractivity (Wildman–Crippen MR) is 77.7 cm³/mol. The Hall–Kier alpha value is -0.740. The highest BCUT2D eigenvalue weighted by molar-refractivity contribution is 7.10. The molecule has 0 unspecified atom stereocenters. The van der Waals surface area contributed by atoms with Crippen LogP contribution in [0, 0.1) is 5.41 Å². The lowest BCUT2D eigenvalue weighted by molar-refractivity contribution is -0.0890. The highest BCUT2D eigenvalue weighted by Crippen LogP contribution is 2.48. The van der Waals surface area contributed by atoms with Gasteiger partial charge in [-0.2, -0.15) is 0 Å². The predicted octanol–water partition coefficient (Wildman–Crippen LogP) is 4.18. The van der Waals surface area contributed by atoms with Crippen LogP contribution in [0.2, 0.25) is 0 Å². The maximum atomic E-state index is 11.4. The van der Waals surface area contributed by atoms with Crippen molar-refractivity contribution < 1.29 is 9.53 Å². The molecule has 0 spiro atoms. The van der Waals surface area contributed by atoms with Gasteiger partial charge in [0.1, 0.15) is 16.3 Å². The standard InChI is InChI=1S/C15H23NO2S/c1-5-18-15(8-6-14(3,4)7-9-15)13-16-12(10-19-13)11(2)17/h10H,5-9H2,1-4H3. The lowest BCUT2D eigenvalue weighted by Gasteiger charge is -2.42. The van der Waals surface area contributed by atoms with Gasteiger partial charge in [0, 0.05) is 18.9 Å². The van der Waals surface area contributed by atoms with Crippen LogP contribution in [0.3, 0.4) is 0 Å². The minimum Gasteiger partial charge on any atom is -0.368 e. The van der Waals surface area contributed by atoms with Crippen molar-refractivity contribution >= 4 is 17.1 Å². The van der Waals surface area contributed by atoms with E-state index in [0.29, 0.717) is 17.7 Å². The monoisotopic (exact) mass is 281 g/mol. The highest BCUT2D eigenvalue weighted by Gasteiger charge is 2.42. The molecule has 4 heteroatoms. The van der Waals surface area contributed by atoms with Crippen LogP contribution in [0.4, 0.5) is 0 Å². The quantitative estimate of drug-likeness (QED) is 0.777. The van der Waals surface area contributed by atoms with Crippen LogP contribution in [-0.2, 0) is 10.3 Å². The van der Waals surface area contributed by atoms with Crippen LogP contribution < -0.4 is 0 Å². The Morgan fingerprint density at radius 3 is 2.47 bits per heavy atom. The number of carbonyl (C=O) groups excluding carboxylic acids is 1. The first kappa shape index (κ1) is 14.7. The molecule has 1 aliphatic rings. The number of nitrogens with zero attached hydrogens (tertiary/aromatic N) is 1. The first-order chi connectivity index (χ1) is 8.88. The van der Waals surface area contributed by atoms with E-state index >= 15 is 0 Å². The van der Waals surface area contributed by atoms with E-state index in [0.717, 1.165) is 30.7 Å². The summed E-state index contributed by atoms with van der Waals surface area (Å²) in [6.07, 6.45) is 4.28. The number of carbonyl (C=O) groups is 1. The molecule has 0 aromatic carbocycles. The molecule has 3 nitrogen and oxygen atoms in total. The van der Waals surface area contributed by atoms with E-state index in [1.165, 1.54) is 0 Å². The van der Waals surface area contributed by atoms with Crippen LogP contribution in [0.25, 0.3) is 0 Å². The summed E-state index contributed by atoms with van der Waals surface area (Å²) in [5.74, 6) is 0.0327. The lowest BCUT2D eigenvalue weighted by Crippen LogP contribution is -2.37. The third kappa shape index (κ3) is 3.06. The third-order valence-corrected chi connectivity index (χ3v) is 5.11. The van der Waals surface area contributed by atoms with Gasteiger partial charge in [-0.1, -0.05) is 13.8 Å². The molecule has 1 heterocycles. The molecule has 1 fully saturated rings. The molecular weight excluding hydrogens is 258 g/mol. The minimum absolute atomic E-state index is 0.0327. The number of ether oxygens (including phenoxy) is 1. The first-order valence-corrected chi connectivity index (χ1v) is 7.87. The molecule has 0 atom stereocenters. The molecule has 0 amide bonds. The normalized spacial score (nSPS) is 21.3. The van der Waals surface area contributed by atoms with E-state index < -0.39 is 0 Å². The van der Waals surface area contributed by atoms with Crippen molar-refractivity contribution in [3.05, 3.63) is 16.1 Å². The Labute approximate surface area is 119 Å². The molecule has 1 saturated carbocycles. The number of rotatable bonds is 4. The Bertz CT molecular complexity index is 454. The second-order valence-corrected chi connectivity index (χ2v) is 7.04. The van der Waals surface area contributed by atoms with Gasteiger partial charge >= 0.3 is 0 Å². The van der Waals surface area contributed by atoms with E-state index in [1.807, 2.05) is 12.3 Å². The van der Waals surface area contributed by atoms with Crippen LogP contribution in [-0.4, -0.2) is 17.4 Å². The Morgan fingerprint density at radius 1 is 1.37 bits per heavy atom. The molecule has 106 valence electrons. The average Bonchev–Trinajstić information content (AvgIpc) is 2.83. The van der Waals surface area contributed by atoms with Crippen molar-refractivity contribution in [3.8, 4) is 0 Å². The molecule has 0 saturated heterocycles. The first-order valence-electron chi connectivity index (χ1n) is 6.99. The van der Waals surface area contributed by atoms with Gasteiger partial charge in [0.25, 0.3) is 0 Å². The van der Waals surface area contributed by atoms with Crippen LogP contribution in [0.5, 0.6) is 0 Å². The summed E-state index contributed by atoms with van der Waals surface area (Å²) in [7, 11) is 0. The molecule has 19 heavy (non-hydrogen) atoms. The topological polar surface area (TPSA) is 39.2 Å². The third-order valence-electron chi connectivity index (χ3n) is 4.09. The summed E-state index contributed by atoms with van der Waals surface area (Å²) in [6.45, 7) is 8.91. The van der Waals surface area contributed by atoms with Crippen molar-refractivity contribution in [2.45, 2.75) is 59.0 Å². The molecule has 1 aromatic heterocycles. The van der Waals surface area contributed by atoms with E-state index in [4.69, 9.17) is 4.74 Å². The van der Waals surface area contributed by atoms with Gasteiger partial charge in [-0.3, -0.25) is 4.79 Å². The number of ketones is 1. The molecule has 1 aromatic rings. The Balaban J connectivity index is 2.26. The van der Waals surface area contributed by atoms with Crippen LogP contribution in [0.15, 0.2) is 5.38 Å². The lowest BCUT2D eigenvalue weighted by atomic mass is 9.71. The van der Waals surface area contributed by atoms with Crippen molar-refractivity contribution in [2.24, 2.45) is 5.41 Å². The van der Waals surface area contributed by atoms with Gasteiger partial charge in [-0.05, 0) is 38.0 Å². The van der Waals surface area contributed by atoms with Crippen molar-refractivity contribution in [1.82, 2.24) is 4.98 Å². The number of aromatic nitrogens is 1. The molecular formula is C15H23NO2S.